The summed E-state index contributed by atoms with van der Waals surface area (Å²) in [5.41, 5.74) is 2.24. The predicted octanol–water partition coefficient (Wildman–Crippen LogP) is 4.27. The number of likely N-dealkylation sites (tertiary alicyclic amines) is 1. The Balaban J connectivity index is 1.31. The highest BCUT2D eigenvalue weighted by Crippen LogP contribution is 2.30. The van der Waals surface area contributed by atoms with E-state index < -0.39 is 0 Å². The van der Waals surface area contributed by atoms with E-state index in [0.29, 0.717) is 30.6 Å². The monoisotopic (exact) mass is 411 g/mol. The molecule has 1 aliphatic heterocycles. The average molecular weight is 412 g/mol. The maximum Gasteiger partial charge on any atom is 0.274 e. The summed E-state index contributed by atoms with van der Waals surface area (Å²) in [5, 5.41) is 21.5. The first-order valence-corrected chi connectivity index (χ1v) is 10.8. The summed E-state index contributed by atoms with van der Waals surface area (Å²) in [6, 6.07) is 7.76. The summed E-state index contributed by atoms with van der Waals surface area (Å²) in [4.78, 5) is 15.8. The van der Waals surface area contributed by atoms with Crippen molar-refractivity contribution >= 4 is 28.6 Å². The van der Waals surface area contributed by atoms with Crippen LogP contribution in [0.15, 0.2) is 44.8 Å². The molecule has 1 saturated heterocycles. The normalized spacial score (nSPS) is 17.1. The van der Waals surface area contributed by atoms with Gasteiger partial charge in [0, 0.05) is 24.0 Å². The average Bonchev–Trinajstić information content (AvgIpc) is 3.52. The van der Waals surface area contributed by atoms with Gasteiger partial charge in [-0.3, -0.25) is 9.89 Å². The molecule has 0 aliphatic carbocycles. The third-order valence-corrected chi connectivity index (χ3v) is 6.44. The molecule has 1 amide bonds. The van der Waals surface area contributed by atoms with E-state index in [2.05, 4.69) is 20.4 Å². The van der Waals surface area contributed by atoms with Crippen molar-refractivity contribution in [3.05, 3.63) is 52.0 Å². The number of amides is 1. The molecule has 4 aromatic heterocycles. The second-order valence-corrected chi connectivity index (χ2v) is 8.42. The summed E-state index contributed by atoms with van der Waals surface area (Å²) in [6.45, 7) is 1.27. The van der Waals surface area contributed by atoms with E-state index in [4.69, 9.17) is 4.42 Å². The minimum atomic E-state index is -0.0682. The van der Waals surface area contributed by atoms with Gasteiger partial charge in [-0.2, -0.15) is 16.4 Å². The summed E-state index contributed by atoms with van der Waals surface area (Å²) < 4.78 is 5.88. The summed E-state index contributed by atoms with van der Waals surface area (Å²) in [7, 11) is 0. The van der Waals surface area contributed by atoms with Crippen molar-refractivity contribution in [1.82, 2.24) is 25.3 Å². The fourth-order valence-electron chi connectivity index (χ4n) is 3.42. The molecule has 0 radical (unpaired) electrons. The van der Waals surface area contributed by atoms with E-state index >= 15 is 0 Å². The summed E-state index contributed by atoms with van der Waals surface area (Å²) >= 11 is 3.20. The quantitative estimate of drug-likeness (QED) is 0.542. The molecule has 1 atom stereocenters. The number of rotatable bonds is 4. The molecular formula is C19H17N5O2S2. The number of H-pyrrole nitrogens is 1. The van der Waals surface area contributed by atoms with Crippen LogP contribution in [0.3, 0.4) is 0 Å². The molecule has 5 rings (SSSR count). The molecule has 0 spiro atoms. The first-order valence-electron chi connectivity index (χ1n) is 9.02. The number of carbonyl (C=O) groups is 1. The summed E-state index contributed by atoms with van der Waals surface area (Å²) in [6.07, 6.45) is 1.82. The second kappa shape index (κ2) is 7.33. The maximum absolute atomic E-state index is 12.9. The Bertz CT molecular complexity index is 1070. The van der Waals surface area contributed by atoms with Crippen LogP contribution >= 0.6 is 22.7 Å². The molecule has 1 fully saturated rings. The van der Waals surface area contributed by atoms with Crippen LogP contribution in [0.25, 0.3) is 22.0 Å². The molecular weight excluding hydrogens is 394 g/mol. The Kier molecular flexibility index (Phi) is 4.53. The minimum Gasteiger partial charge on any atom is -0.420 e. The van der Waals surface area contributed by atoms with Gasteiger partial charge in [-0.1, -0.05) is 6.07 Å². The van der Waals surface area contributed by atoms with Gasteiger partial charge in [0.2, 0.25) is 11.8 Å². The molecule has 4 aromatic rings. The Morgan fingerprint density at radius 1 is 1.29 bits per heavy atom. The van der Waals surface area contributed by atoms with Gasteiger partial charge in [0.1, 0.15) is 0 Å². The third-order valence-electron chi connectivity index (χ3n) is 4.85. The fourth-order valence-corrected chi connectivity index (χ4v) is 4.74. The molecule has 142 valence electrons. The van der Waals surface area contributed by atoms with Crippen LogP contribution in [-0.4, -0.2) is 44.3 Å². The number of nitrogens with one attached hydrogen (secondary N) is 1. The van der Waals surface area contributed by atoms with E-state index in [0.717, 1.165) is 29.0 Å². The van der Waals surface area contributed by atoms with Crippen LogP contribution < -0.4 is 0 Å². The van der Waals surface area contributed by atoms with Crippen molar-refractivity contribution in [2.24, 2.45) is 0 Å². The topological polar surface area (TPSA) is 87.9 Å². The van der Waals surface area contributed by atoms with Gasteiger partial charge in [0.25, 0.3) is 5.91 Å². The van der Waals surface area contributed by atoms with Gasteiger partial charge in [-0.15, -0.1) is 21.5 Å². The molecule has 28 heavy (non-hydrogen) atoms. The van der Waals surface area contributed by atoms with Gasteiger partial charge in [0.05, 0.1) is 16.5 Å². The number of aromatic nitrogens is 4. The number of carbonyl (C=O) groups excluding carboxylic acids is 1. The van der Waals surface area contributed by atoms with Crippen LogP contribution in [0.5, 0.6) is 0 Å². The highest BCUT2D eigenvalue weighted by atomic mass is 32.1. The predicted molar refractivity (Wildman–Crippen MR) is 107 cm³/mol. The lowest BCUT2D eigenvalue weighted by Crippen LogP contribution is -2.39. The Morgan fingerprint density at radius 2 is 2.25 bits per heavy atom. The third kappa shape index (κ3) is 3.27. The second-order valence-electron chi connectivity index (χ2n) is 6.69. The zero-order valence-electron chi connectivity index (χ0n) is 14.9. The van der Waals surface area contributed by atoms with Crippen LogP contribution in [-0.2, 0) is 0 Å². The molecule has 9 heteroatoms. The van der Waals surface area contributed by atoms with Crippen molar-refractivity contribution in [1.29, 1.82) is 0 Å². The van der Waals surface area contributed by atoms with E-state index in [1.807, 2.05) is 45.3 Å². The molecule has 5 heterocycles. The van der Waals surface area contributed by atoms with Crippen LogP contribution in [0.1, 0.15) is 35.1 Å². The van der Waals surface area contributed by atoms with Gasteiger partial charge in [-0.25, -0.2) is 0 Å². The van der Waals surface area contributed by atoms with Crippen molar-refractivity contribution in [3.63, 3.8) is 0 Å². The SMILES string of the molecule is O=C(c1cc(-c2cccs2)[nH]n1)N1CCC[C@H](c2nnc(-c3ccsc3)o2)C1. The minimum absolute atomic E-state index is 0.0493. The van der Waals surface area contributed by atoms with E-state index in [9.17, 15) is 4.79 Å². The standard InChI is InChI=1S/C19H17N5O2S2/c25-19(15-9-14(20-21-15)16-4-2-7-28-16)24-6-1-3-12(10-24)17-22-23-18(26-17)13-5-8-27-11-13/h2,4-5,7-9,11-12H,1,3,6,10H2,(H,20,21)/t12-/m0/s1. The smallest absolute Gasteiger partial charge is 0.274 e. The number of thiophene rings is 2. The lowest BCUT2D eigenvalue weighted by molar-refractivity contribution is 0.0692. The van der Waals surface area contributed by atoms with Crippen molar-refractivity contribution in [2.75, 3.05) is 13.1 Å². The van der Waals surface area contributed by atoms with Crippen molar-refractivity contribution < 1.29 is 9.21 Å². The van der Waals surface area contributed by atoms with Crippen LogP contribution in [0, 0.1) is 0 Å². The molecule has 0 unspecified atom stereocenters. The van der Waals surface area contributed by atoms with Gasteiger partial charge in [0.15, 0.2) is 5.69 Å². The number of aromatic amines is 1. The number of nitrogens with zero attached hydrogens (tertiary/aromatic N) is 4. The number of piperidine rings is 1. The Morgan fingerprint density at radius 3 is 3.07 bits per heavy atom. The largest absolute Gasteiger partial charge is 0.420 e. The zero-order valence-corrected chi connectivity index (χ0v) is 16.5. The molecule has 0 aromatic carbocycles. The highest BCUT2D eigenvalue weighted by molar-refractivity contribution is 7.13. The fraction of sp³-hybridized carbons (Fsp3) is 0.263. The van der Waals surface area contributed by atoms with Crippen molar-refractivity contribution in [3.8, 4) is 22.0 Å². The first kappa shape index (κ1) is 17.3. The highest BCUT2D eigenvalue weighted by Gasteiger charge is 2.30. The lowest BCUT2D eigenvalue weighted by atomic mass is 9.98. The first-order chi connectivity index (χ1) is 13.8. The number of hydrogen-bond acceptors (Lipinski definition) is 7. The van der Waals surface area contributed by atoms with E-state index in [1.54, 1.807) is 22.7 Å². The van der Waals surface area contributed by atoms with Crippen molar-refractivity contribution in [2.45, 2.75) is 18.8 Å². The molecule has 1 N–H and O–H groups in total. The molecule has 7 nitrogen and oxygen atoms in total. The lowest BCUT2D eigenvalue weighted by Gasteiger charge is -2.30. The Labute approximate surface area is 169 Å². The van der Waals surface area contributed by atoms with E-state index in [-0.39, 0.29) is 11.8 Å². The van der Waals surface area contributed by atoms with Gasteiger partial charge < -0.3 is 9.32 Å². The van der Waals surface area contributed by atoms with Gasteiger partial charge in [-0.05, 0) is 41.8 Å². The summed E-state index contributed by atoms with van der Waals surface area (Å²) in [5.74, 6) is 1.11. The Hall–Kier alpha value is -2.78. The zero-order chi connectivity index (χ0) is 18.9. The van der Waals surface area contributed by atoms with Gasteiger partial charge >= 0.3 is 0 Å². The van der Waals surface area contributed by atoms with Crippen LogP contribution in [0.2, 0.25) is 0 Å². The van der Waals surface area contributed by atoms with Crippen LogP contribution in [0.4, 0.5) is 0 Å². The maximum atomic E-state index is 12.9. The molecule has 0 bridgehead atoms. The molecule has 0 saturated carbocycles. The van der Waals surface area contributed by atoms with E-state index in [1.165, 1.54) is 0 Å². The number of hydrogen-bond donors (Lipinski definition) is 1. The molecule has 1 aliphatic rings.